The number of carbonyl (C=O) groups is 1. The summed E-state index contributed by atoms with van der Waals surface area (Å²) in [6, 6.07) is 16.1. The third-order valence-corrected chi connectivity index (χ3v) is 5.72. The molecule has 1 unspecified atom stereocenters. The summed E-state index contributed by atoms with van der Waals surface area (Å²) in [5, 5.41) is 12.0. The van der Waals surface area contributed by atoms with Gasteiger partial charge in [-0.25, -0.2) is 0 Å². The molecule has 0 bridgehead atoms. The Balaban J connectivity index is 2.01. The van der Waals surface area contributed by atoms with Crippen molar-refractivity contribution in [3.05, 3.63) is 87.3 Å². The van der Waals surface area contributed by atoms with Crippen LogP contribution in [0.25, 0.3) is 11.1 Å². The lowest BCUT2D eigenvalue weighted by molar-refractivity contribution is -0.121. The van der Waals surface area contributed by atoms with Gasteiger partial charge in [-0.15, -0.1) is 0 Å². The number of nitrogens with zero attached hydrogens (tertiary/aromatic N) is 3. The van der Waals surface area contributed by atoms with Crippen LogP contribution < -0.4 is 15.6 Å². The Hall–Kier alpha value is -4.18. The fourth-order valence-corrected chi connectivity index (χ4v) is 4.05. The predicted octanol–water partition coefficient (Wildman–Crippen LogP) is 3.35. The topological polar surface area (TPSA) is 96.5 Å². The van der Waals surface area contributed by atoms with Gasteiger partial charge in [-0.2, -0.15) is 5.26 Å². The number of methoxy groups -OCH3 is 1. The van der Waals surface area contributed by atoms with Crippen molar-refractivity contribution in [1.29, 1.82) is 5.26 Å². The molecule has 2 heterocycles. The number of nitrogens with one attached hydrogen (secondary N) is 1. The monoisotopic (exact) mass is 440 g/mol. The van der Waals surface area contributed by atoms with E-state index in [1.54, 1.807) is 38.6 Å². The molecule has 1 atom stereocenters. The van der Waals surface area contributed by atoms with Crippen molar-refractivity contribution in [3.63, 3.8) is 0 Å². The molecule has 1 aromatic heterocycles. The molecule has 0 spiro atoms. The zero-order chi connectivity index (χ0) is 23.5. The molecule has 7 nitrogen and oxygen atoms in total. The second-order valence-corrected chi connectivity index (χ2v) is 7.84. The van der Waals surface area contributed by atoms with E-state index in [0.29, 0.717) is 29.1 Å². The molecule has 1 aliphatic heterocycles. The molecule has 0 radical (unpaired) electrons. The Morgan fingerprint density at radius 1 is 1.15 bits per heavy atom. The van der Waals surface area contributed by atoms with Gasteiger partial charge in [-0.1, -0.05) is 12.1 Å². The molecule has 7 heteroatoms. The van der Waals surface area contributed by atoms with Crippen molar-refractivity contribution in [3.8, 4) is 22.9 Å². The lowest BCUT2D eigenvalue weighted by atomic mass is 9.91. The van der Waals surface area contributed by atoms with Crippen LogP contribution in [-0.4, -0.2) is 29.8 Å². The molecule has 0 saturated carbocycles. The number of rotatable bonds is 5. The van der Waals surface area contributed by atoms with Crippen molar-refractivity contribution >= 4 is 11.6 Å². The number of aliphatic imine (C=N–C) groups is 1. The molecule has 0 aliphatic carbocycles. The number of hydrogen-bond donors (Lipinski definition) is 1. The quantitative estimate of drug-likeness (QED) is 0.658. The molecule has 3 aromatic rings. The summed E-state index contributed by atoms with van der Waals surface area (Å²) in [5.41, 5.74) is 5.14. The lowest BCUT2D eigenvalue weighted by Crippen LogP contribution is -2.25. The molecular weight excluding hydrogens is 416 g/mol. The molecule has 0 fully saturated rings. The number of aromatic nitrogens is 1. The molecule has 1 amide bonds. The number of amides is 1. The Morgan fingerprint density at radius 3 is 2.58 bits per heavy atom. The number of fused-ring (bicyclic) bond motifs is 3. The van der Waals surface area contributed by atoms with Gasteiger partial charge in [0.05, 0.1) is 36.9 Å². The van der Waals surface area contributed by atoms with Crippen LogP contribution in [0.1, 0.15) is 41.6 Å². The van der Waals surface area contributed by atoms with E-state index >= 15 is 0 Å². The zero-order valence-corrected chi connectivity index (χ0v) is 18.8. The summed E-state index contributed by atoms with van der Waals surface area (Å²) >= 11 is 0. The average Bonchev–Trinajstić information content (AvgIpc) is 2.94. The van der Waals surface area contributed by atoms with E-state index in [0.717, 1.165) is 22.3 Å². The van der Waals surface area contributed by atoms with Crippen LogP contribution in [0.15, 0.2) is 64.5 Å². The van der Waals surface area contributed by atoms with Crippen molar-refractivity contribution in [2.24, 2.45) is 12.0 Å². The molecule has 1 N–H and O–H groups in total. The molecule has 0 saturated heterocycles. The molecule has 1 aliphatic rings. The Labute approximate surface area is 192 Å². The highest BCUT2D eigenvalue weighted by molar-refractivity contribution is 6.17. The number of nitriles is 1. The van der Waals surface area contributed by atoms with Gasteiger partial charge < -0.3 is 14.6 Å². The fourth-order valence-electron chi connectivity index (χ4n) is 4.05. The van der Waals surface area contributed by atoms with Crippen LogP contribution in [0.4, 0.5) is 0 Å². The van der Waals surface area contributed by atoms with Crippen LogP contribution in [0.3, 0.4) is 0 Å². The van der Waals surface area contributed by atoms with Crippen LogP contribution in [0.2, 0.25) is 0 Å². The minimum absolute atomic E-state index is 0.110. The van der Waals surface area contributed by atoms with Crippen LogP contribution in [0.5, 0.6) is 5.75 Å². The summed E-state index contributed by atoms with van der Waals surface area (Å²) in [7, 11) is 3.31. The highest BCUT2D eigenvalue weighted by atomic mass is 16.5. The number of ether oxygens (including phenoxy) is 1. The van der Waals surface area contributed by atoms with Crippen LogP contribution in [-0.2, 0) is 11.8 Å². The highest BCUT2D eigenvalue weighted by Crippen LogP contribution is 2.39. The summed E-state index contributed by atoms with van der Waals surface area (Å²) in [6.07, 6.45) is 1.91. The van der Waals surface area contributed by atoms with Gasteiger partial charge in [0.1, 0.15) is 5.75 Å². The van der Waals surface area contributed by atoms with Gasteiger partial charge in [0, 0.05) is 42.5 Å². The van der Waals surface area contributed by atoms with E-state index in [-0.39, 0.29) is 17.9 Å². The first-order chi connectivity index (χ1) is 15.9. The first-order valence-corrected chi connectivity index (χ1v) is 10.7. The largest absolute Gasteiger partial charge is 0.497 e. The number of benzene rings is 2. The van der Waals surface area contributed by atoms with Gasteiger partial charge >= 0.3 is 0 Å². The zero-order valence-electron chi connectivity index (χ0n) is 18.8. The van der Waals surface area contributed by atoms with Crippen molar-refractivity contribution < 1.29 is 9.53 Å². The van der Waals surface area contributed by atoms with Gasteiger partial charge in [-0.05, 0) is 48.4 Å². The average molecular weight is 441 g/mol. The minimum Gasteiger partial charge on any atom is -0.497 e. The Morgan fingerprint density at radius 2 is 1.91 bits per heavy atom. The maximum absolute atomic E-state index is 12.6. The standard InChI is InChI=1S/C26H24N4O3/c1-4-28-24(31)13-23-20-12-25(32)30(2)15-22(20)19-10-9-18(33-3)11-21(19)26(29-23)17-7-5-16(14-27)6-8-17/h5-12,15,23H,4,13H2,1-3H3,(H,28,31). The number of pyridine rings is 1. The fraction of sp³-hybridized carbons (Fsp3) is 0.231. The SMILES string of the molecule is CCNC(=O)CC1N=C(c2ccc(C#N)cc2)c2cc(OC)ccc2-c2cn(C)c(=O)cc21. The van der Waals surface area contributed by atoms with Gasteiger partial charge in [0.25, 0.3) is 5.56 Å². The second-order valence-electron chi connectivity index (χ2n) is 7.84. The first kappa shape index (κ1) is 22.0. The lowest BCUT2D eigenvalue weighted by Gasteiger charge is -2.16. The normalized spacial score (nSPS) is 14.2. The summed E-state index contributed by atoms with van der Waals surface area (Å²) in [5.74, 6) is 0.532. The second kappa shape index (κ2) is 9.13. The van der Waals surface area contributed by atoms with Crippen LogP contribution in [0, 0.1) is 11.3 Å². The molecular formula is C26H24N4O3. The van der Waals surface area contributed by atoms with E-state index < -0.39 is 6.04 Å². The third kappa shape index (κ3) is 4.28. The van der Waals surface area contributed by atoms with Gasteiger partial charge in [0.2, 0.25) is 5.91 Å². The van der Waals surface area contributed by atoms with Crippen molar-refractivity contribution in [2.75, 3.05) is 13.7 Å². The number of aryl methyl sites for hydroxylation is 1. The van der Waals surface area contributed by atoms with E-state index in [4.69, 9.17) is 9.73 Å². The Kier molecular flexibility index (Phi) is 6.09. The first-order valence-electron chi connectivity index (χ1n) is 10.7. The van der Waals surface area contributed by atoms with Crippen molar-refractivity contribution in [1.82, 2.24) is 9.88 Å². The highest BCUT2D eigenvalue weighted by Gasteiger charge is 2.27. The van der Waals surface area contributed by atoms with E-state index in [1.807, 2.05) is 37.3 Å². The summed E-state index contributed by atoms with van der Waals surface area (Å²) < 4.78 is 7.01. The molecule has 33 heavy (non-hydrogen) atoms. The van der Waals surface area contributed by atoms with E-state index in [9.17, 15) is 14.9 Å². The van der Waals surface area contributed by atoms with E-state index in [2.05, 4.69) is 11.4 Å². The van der Waals surface area contributed by atoms with Crippen LogP contribution >= 0.6 is 0 Å². The molecule has 166 valence electrons. The van der Waals surface area contributed by atoms with Crippen molar-refractivity contribution in [2.45, 2.75) is 19.4 Å². The summed E-state index contributed by atoms with van der Waals surface area (Å²) in [4.78, 5) is 30.1. The predicted molar refractivity (Wildman–Crippen MR) is 127 cm³/mol. The third-order valence-electron chi connectivity index (χ3n) is 5.72. The van der Waals surface area contributed by atoms with Gasteiger partial charge in [0.15, 0.2) is 0 Å². The smallest absolute Gasteiger partial charge is 0.250 e. The molecule has 4 rings (SSSR count). The molecule has 2 aromatic carbocycles. The number of carbonyl (C=O) groups excluding carboxylic acids is 1. The maximum Gasteiger partial charge on any atom is 0.250 e. The maximum atomic E-state index is 12.6. The minimum atomic E-state index is -0.551. The van der Waals surface area contributed by atoms with E-state index in [1.165, 1.54) is 4.57 Å². The Bertz CT molecular complexity index is 1350. The van der Waals surface area contributed by atoms with Gasteiger partial charge in [-0.3, -0.25) is 14.6 Å². The number of hydrogen-bond acceptors (Lipinski definition) is 5. The summed E-state index contributed by atoms with van der Waals surface area (Å²) in [6.45, 7) is 2.38.